The second-order valence-electron chi connectivity index (χ2n) is 3.39. The zero-order chi connectivity index (χ0) is 9.97. The van der Waals surface area contributed by atoms with Gasteiger partial charge in [-0.05, 0) is 5.56 Å². The molecule has 0 aromatic heterocycles. The first-order valence-electron chi connectivity index (χ1n) is 4.59. The molecule has 3 nitrogen and oxygen atoms in total. The average Bonchev–Trinajstić information content (AvgIpc) is 2.68. The molecule has 1 aliphatic heterocycles. The van der Waals surface area contributed by atoms with Crippen molar-refractivity contribution in [3.05, 3.63) is 35.9 Å². The molecule has 0 radical (unpaired) electrons. The lowest BCUT2D eigenvalue weighted by molar-refractivity contribution is -0.140. The van der Waals surface area contributed by atoms with E-state index >= 15 is 0 Å². The van der Waals surface area contributed by atoms with Crippen LogP contribution in [-0.4, -0.2) is 23.3 Å². The fraction of sp³-hybridized carbons (Fsp3) is 0.273. The lowest BCUT2D eigenvalue weighted by Crippen LogP contribution is -2.14. The summed E-state index contributed by atoms with van der Waals surface area (Å²) in [6.45, 7) is 0.416. The highest BCUT2D eigenvalue weighted by Crippen LogP contribution is 2.18. The maximum Gasteiger partial charge on any atom is 0.308 e. The number of rotatable bonds is 2. The topological polar surface area (TPSA) is 49.7 Å². The van der Waals surface area contributed by atoms with E-state index in [0.717, 1.165) is 11.3 Å². The summed E-state index contributed by atoms with van der Waals surface area (Å²) in [5, 5.41) is 8.80. The Labute approximate surface area is 82.1 Å². The summed E-state index contributed by atoms with van der Waals surface area (Å²) in [5.41, 5.74) is 1.95. The number of aliphatic imine (C=N–C) groups is 1. The van der Waals surface area contributed by atoms with Gasteiger partial charge in [-0.2, -0.15) is 0 Å². The van der Waals surface area contributed by atoms with Crippen LogP contribution in [0.5, 0.6) is 0 Å². The van der Waals surface area contributed by atoms with Crippen molar-refractivity contribution < 1.29 is 9.90 Å². The van der Waals surface area contributed by atoms with Gasteiger partial charge >= 0.3 is 5.97 Å². The molecule has 0 aliphatic carbocycles. The molecule has 1 N–H and O–H groups in total. The minimum absolute atomic E-state index is 0.329. The van der Waals surface area contributed by atoms with Crippen molar-refractivity contribution in [2.45, 2.75) is 6.42 Å². The summed E-state index contributed by atoms with van der Waals surface area (Å²) in [6, 6.07) is 9.73. The minimum atomic E-state index is -0.750. The Hall–Kier alpha value is -1.64. The van der Waals surface area contributed by atoms with Gasteiger partial charge in [-0.3, -0.25) is 9.79 Å². The Morgan fingerprint density at radius 2 is 2.07 bits per heavy atom. The fourth-order valence-electron chi connectivity index (χ4n) is 1.59. The van der Waals surface area contributed by atoms with Crippen molar-refractivity contribution in [1.29, 1.82) is 0 Å². The van der Waals surface area contributed by atoms with Crippen LogP contribution in [0.1, 0.15) is 12.0 Å². The monoisotopic (exact) mass is 189 g/mol. The number of carbonyl (C=O) groups is 1. The normalized spacial score (nSPS) is 20.6. The summed E-state index contributed by atoms with van der Waals surface area (Å²) in [5.74, 6) is -1.08. The Morgan fingerprint density at radius 3 is 2.64 bits per heavy atom. The van der Waals surface area contributed by atoms with Gasteiger partial charge in [0.1, 0.15) is 0 Å². The van der Waals surface area contributed by atoms with Crippen LogP contribution >= 0.6 is 0 Å². The van der Waals surface area contributed by atoms with Crippen LogP contribution < -0.4 is 0 Å². The Morgan fingerprint density at radius 1 is 1.36 bits per heavy atom. The number of aliphatic carboxylic acids is 1. The largest absolute Gasteiger partial charge is 0.481 e. The molecule has 0 saturated carbocycles. The Kier molecular flexibility index (Phi) is 2.31. The smallest absolute Gasteiger partial charge is 0.308 e. The lowest BCUT2D eigenvalue weighted by atomic mass is 10.0. The van der Waals surface area contributed by atoms with Gasteiger partial charge in [0.25, 0.3) is 0 Å². The van der Waals surface area contributed by atoms with Crippen molar-refractivity contribution in [3.8, 4) is 0 Å². The quantitative estimate of drug-likeness (QED) is 0.767. The molecule has 0 bridgehead atoms. The second kappa shape index (κ2) is 3.62. The second-order valence-corrected chi connectivity index (χ2v) is 3.39. The van der Waals surface area contributed by atoms with Crippen LogP contribution in [0.15, 0.2) is 35.3 Å². The van der Waals surface area contributed by atoms with Crippen molar-refractivity contribution in [2.75, 3.05) is 6.54 Å². The molecule has 2 rings (SSSR count). The molecule has 0 amide bonds. The van der Waals surface area contributed by atoms with Crippen LogP contribution in [0.4, 0.5) is 0 Å². The molecule has 1 aromatic rings. The predicted octanol–water partition coefficient (Wildman–Crippen LogP) is 1.58. The lowest BCUT2D eigenvalue weighted by Gasteiger charge is -2.01. The molecule has 1 heterocycles. The summed E-state index contributed by atoms with van der Waals surface area (Å²) < 4.78 is 0. The SMILES string of the molecule is O=C(O)C1CN=C(c2ccccc2)C1. The summed E-state index contributed by atoms with van der Waals surface area (Å²) in [4.78, 5) is 14.9. The zero-order valence-corrected chi connectivity index (χ0v) is 7.68. The van der Waals surface area contributed by atoms with E-state index in [4.69, 9.17) is 5.11 Å². The molecule has 1 aliphatic rings. The molecule has 0 saturated heterocycles. The van der Waals surface area contributed by atoms with E-state index in [2.05, 4.69) is 4.99 Å². The molecule has 0 spiro atoms. The molecule has 72 valence electrons. The van der Waals surface area contributed by atoms with Crippen LogP contribution in [0.25, 0.3) is 0 Å². The highest BCUT2D eigenvalue weighted by Gasteiger charge is 2.25. The first-order valence-corrected chi connectivity index (χ1v) is 4.59. The van der Waals surface area contributed by atoms with Gasteiger partial charge < -0.3 is 5.11 Å². The van der Waals surface area contributed by atoms with Crippen molar-refractivity contribution in [3.63, 3.8) is 0 Å². The van der Waals surface area contributed by atoms with Crippen LogP contribution in [-0.2, 0) is 4.79 Å². The molecule has 0 fully saturated rings. The third-order valence-electron chi connectivity index (χ3n) is 2.40. The van der Waals surface area contributed by atoms with E-state index in [1.807, 2.05) is 30.3 Å². The molecule has 14 heavy (non-hydrogen) atoms. The van der Waals surface area contributed by atoms with Crippen molar-refractivity contribution in [2.24, 2.45) is 10.9 Å². The highest BCUT2D eigenvalue weighted by molar-refractivity contribution is 6.03. The molecule has 3 heteroatoms. The molecule has 1 aromatic carbocycles. The van der Waals surface area contributed by atoms with E-state index in [1.54, 1.807) is 0 Å². The number of carboxylic acid groups (broad SMARTS) is 1. The van der Waals surface area contributed by atoms with E-state index in [1.165, 1.54) is 0 Å². The maximum absolute atomic E-state index is 10.7. The van der Waals surface area contributed by atoms with Gasteiger partial charge in [-0.15, -0.1) is 0 Å². The summed E-state index contributed by atoms with van der Waals surface area (Å²) >= 11 is 0. The third kappa shape index (κ3) is 1.66. The molecule has 1 atom stereocenters. The maximum atomic E-state index is 10.7. The molecule has 1 unspecified atom stereocenters. The van der Waals surface area contributed by atoms with Crippen LogP contribution in [0, 0.1) is 5.92 Å². The Bertz CT molecular complexity index is 370. The molecular weight excluding hydrogens is 178 g/mol. The zero-order valence-electron chi connectivity index (χ0n) is 7.68. The standard InChI is InChI=1S/C11H11NO2/c13-11(14)9-6-10(12-7-9)8-4-2-1-3-5-8/h1-5,9H,6-7H2,(H,13,14). The van der Waals surface area contributed by atoms with Gasteiger partial charge in [-0.25, -0.2) is 0 Å². The van der Waals surface area contributed by atoms with Gasteiger partial charge in [0.2, 0.25) is 0 Å². The van der Waals surface area contributed by atoms with E-state index in [9.17, 15) is 4.79 Å². The Balaban J connectivity index is 2.13. The first kappa shape index (κ1) is 8.94. The minimum Gasteiger partial charge on any atom is -0.481 e. The van der Waals surface area contributed by atoms with Gasteiger partial charge in [0.15, 0.2) is 0 Å². The van der Waals surface area contributed by atoms with E-state index in [-0.39, 0.29) is 5.92 Å². The number of hydrogen-bond donors (Lipinski definition) is 1. The number of benzene rings is 1. The van der Waals surface area contributed by atoms with Gasteiger partial charge in [0, 0.05) is 12.1 Å². The number of carboxylic acids is 1. The number of nitrogens with zero attached hydrogens (tertiary/aromatic N) is 1. The van der Waals surface area contributed by atoms with Gasteiger partial charge in [-0.1, -0.05) is 30.3 Å². The summed E-state index contributed by atoms with van der Waals surface area (Å²) in [6.07, 6.45) is 0.555. The number of hydrogen-bond acceptors (Lipinski definition) is 2. The molecular formula is C11H11NO2. The predicted molar refractivity (Wildman–Crippen MR) is 53.6 cm³/mol. The van der Waals surface area contributed by atoms with Crippen molar-refractivity contribution >= 4 is 11.7 Å². The van der Waals surface area contributed by atoms with Crippen LogP contribution in [0.3, 0.4) is 0 Å². The van der Waals surface area contributed by atoms with E-state index in [0.29, 0.717) is 13.0 Å². The van der Waals surface area contributed by atoms with E-state index < -0.39 is 5.97 Å². The van der Waals surface area contributed by atoms with Crippen LogP contribution in [0.2, 0.25) is 0 Å². The van der Waals surface area contributed by atoms with Gasteiger partial charge in [0.05, 0.1) is 12.5 Å². The fourth-order valence-corrected chi connectivity index (χ4v) is 1.59. The first-order chi connectivity index (χ1) is 6.77. The summed E-state index contributed by atoms with van der Waals surface area (Å²) in [7, 11) is 0. The van der Waals surface area contributed by atoms with Crippen molar-refractivity contribution in [1.82, 2.24) is 0 Å². The third-order valence-corrected chi connectivity index (χ3v) is 2.40. The average molecular weight is 189 g/mol. The highest BCUT2D eigenvalue weighted by atomic mass is 16.4.